The molecule has 1 fully saturated rings. The van der Waals surface area contributed by atoms with E-state index >= 15 is 0 Å². The highest BCUT2D eigenvalue weighted by Gasteiger charge is 2.21. The van der Waals surface area contributed by atoms with Crippen molar-refractivity contribution in [3.05, 3.63) is 0 Å². The Hall–Kier alpha value is -0.220. The maximum atomic E-state index is 11.7. The molecule has 0 bridgehead atoms. The third-order valence-electron chi connectivity index (χ3n) is 1.99. The first-order valence-electron chi connectivity index (χ1n) is 4.33. The fraction of sp³-hybridized carbons (Fsp3) is 1.00. The van der Waals surface area contributed by atoms with Crippen molar-refractivity contribution in [3.8, 4) is 0 Å². The topological polar surface area (TPSA) is 21.3 Å². The van der Waals surface area contributed by atoms with Gasteiger partial charge in [0.25, 0.3) is 6.43 Å². The zero-order chi connectivity index (χ0) is 8.97. The summed E-state index contributed by atoms with van der Waals surface area (Å²) in [7, 11) is 0. The zero-order valence-corrected chi connectivity index (χ0v) is 7.22. The van der Waals surface area contributed by atoms with Gasteiger partial charge in [0.15, 0.2) is 0 Å². The summed E-state index contributed by atoms with van der Waals surface area (Å²) >= 11 is 0. The third-order valence-corrected chi connectivity index (χ3v) is 1.99. The highest BCUT2D eigenvalue weighted by atomic mass is 19.3. The van der Waals surface area contributed by atoms with E-state index in [1.54, 1.807) is 0 Å². The molecule has 2 atom stereocenters. The zero-order valence-electron chi connectivity index (χ0n) is 7.22. The number of hydrogen-bond donors (Lipinski definition) is 1. The molecule has 4 heteroatoms. The molecule has 0 aromatic rings. The molecule has 0 aliphatic carbocycles. The Morgan fingerprint density at radius 2 is 2.25 bits per heavy atom. The van der Waals surface area contributed by atoms with Gasteiger partial charge >= 0.3 is 0 Å². The first-order valence-corrected chi connectivity index (χ1v) is 4.33. The standard InChI is InChI=1S/C8H15F2NO/c1-6-2-3-7(12-6)4-11-5-8(9)10/h6-8,11H,2-5H2,1H3. The molecule has 0 spiro atoms. The van der Waals surface area contributed by atoms with Crippen LogP contribution in [0.15, 0.2) is 0 Å². The second-order valence-electron chi connectivity index (χ2n) is 3.20. The van der Waals surface area contributed by atoms with Gasteiger partial charge in [0.05, 0.1) is 18.8 Å². The average molecular weight is 179 g/mol. The first-order chi connectivity index (χ1) is 5.68. The van der Waals surface area contributed by atoms with Gasteiger partial charge in [0.1, 0.15) is 0 Å². The molecule has 0 saturated carbocycles. The van der Waals surface area contributed by atoms with Gasteiger partial charge in [-0.15, -0.1) is 0 Å². The maximum Gasteiger partial charge on any atom is 0.250 e. The summed E-state index contributed by atoms with van der Waals surface area (Å²) < 4.78 is 28.8. The molecule has 1 aliphatic heterocycles. The van der Waals surface area contributed by atoms with Gasteiger partial charge in [-0.3, -0.25) is 0 Å². The predicted molar refractivity (Wildman–Crippen MR) is 42.4 cm³/mol. The monoisotopic (exact) mass is 179 g/mol. The van der Waals surface area contributed by atoms with Gasteiger partial charge < -0.3 is 10.1 Å². The van der Waals surface area contributed by atoms with Crippen molar-refractivity contribution in [2.75, 3.05) is 13.1 Å². The fourth-order valence-corrected chi connectivity index (χ4v) is 1.39. The Bertz CT molecular complexity index is 132. The maximum absolute atomic E-state index is 11.7. The molecule has 1 heterocycles. The second kappa shape index (κ2) is 4.72. The van der Waals surface area contributed by atoms with Crippen LogP contribution in [0, 0.1) is 0 Å². The Morgan fingerprint density at radius 3 is 2.75 bits per heavy atom. The van der Waals surface area contributed by atoms with Gasteiger partial charge in [0.2, 0.25) is 0 Å². The molecular weight excluding hydrogens is 164 g/mol. The number of rotatable bonds is 4. The van der Waals surface area contributed by atoms with Crippen molar-refractivity contribution in [2.24, 2.45) is 0 Å². The van der Waals surface area contributed by atoms with Crippen LogP contribution in [0.1, 0.15) is 19.8 Å². The Balaban J connectivity index is 2.00. The lowest BCUT2D eigenvalue weighted by Crippen LogP contribution is -2.30. The van der Waals surface area contributed by atoms with Crippen molar-refractivity contribution in [1.82, 2.24) is 5.32 Å². The van der Waals surface area contributed by atoms with Crippen LogP contribution in [-0.2, 0) is 4.74 Å². The van der Waals surface area contributed by atoms with Gasteiger partial charge in [0, 0.05) is 6.54 Å². The smallest absolute Gasteiger partial charge is 0.250 e. The molecule has 0 aromatic carbocycles. The van der Waals surface area contributed by atoms with E-state index in [-0.39, 0.29) is 12.6 Å². The van der Waals surface area contributed by atoms with Crippen LogP contribution in [0.2, 0.25) is 0 Å². The number of alkyl halides is 2. The van der Waals surface area contributed by atoms with Crippen LogP contribution in [0.3, 0.4) is 0 Å². The highest BCUT2D eigenvalue weighted by molar-refractivity contribution is 4.72. The summed E-state index contributed by atoms with van der Waals surface area (Å²) in [6, 6.07) is 0. The molecule has 2 nitrogen and oxygen atoms in total. The lowest BCUT2D eigenvalue weighted by Gasteiger charge is -2.11. The molecule has 1 rings (SSSR count). The van der Waals surface area contributed by atoms with E-state index in [0.29, 0.717) is 12.6 Å². The van der Waals surface area contributed by atoms with Crippen LogP contribution in [-0.4, -0.2) is 31.7 Å². The average Bonchev–Trinajstić information content (AvgIpc) is 2.35. The van der Waals surface area contributed by atoms with Crippen molar-refractivity contribution in [2.45, 2.75) is 38.4 Å². The summed E-state index contributed by atoms with van der Waals surface area (Å²) in [5, 5.41) is 2.67. The summed E-state index contributed by atoms with van der Waals surface area (Å²) in [4.78, 5) is 0. The molecule has 72 valence electrons. The molecule has 0 aromatic heterocycles. The molecule has 2 unspecified atom stereocenters. The van der Waals surface area contributed by atoms with Gasteiger partial charge in [-0.1, -0.05) is 0 Å². The minimum atomic E-state index is -2.26. The van der Waals surface area contributed by atoms with Gasteiger partial charge in [-0.25, -0.2) is 8.78 Å². The first kappa shape index (κ1) is 9.86. The minimum Gasteiger partial charge on any atom is -0.374 e. The molecular formula is C8H15F2NO. The summed E-state index contributed by atoms with van der Waals surface area (Å²) in [6.07, 6.45) is 0.198. The Morgan fingerprint density at radius 1 is 1.50 bits per heavy atom. The summed E-state index contributed by atoms with van der Waals surface area (Å²) in [5.74, 6) is 0. The second-order valence-corrected chi connectivity index (χ2v) is 3.20. The van der Waals surface area contributed by atoms with Gasteiger partial charge in [-0.05, 0) is 19.8 Å². The normalized spacial score (nSPS) is 30.0. The lowest BCUT2D eigenvalue weighted by atomic mass is 10.2. The van der Waals surface area contributed by atoms with Crippen molar-refractivity contribution >= 4 is 0 Å². The largest absolute Gasteiger partial charge is 0.374 e. The molecule has 0 amide bonds. The Kier molecular flexibility index (Phi) is 3.88. The third kappa shape index (κ3) is 3.45. The minimum absolute atomic E-state index is 0.138. The van der Waals surface area contributed by atoms with Crippen LogP contribution >= 0.6 is 0 Å². The molecule has 0 radical (unpaired) electrons. The number of hydrogen-bond acceptors (Lipinski definition) is 2. The van der Waals surface area contributed by atoms with Crippen LogP contribution < -0.4 is 5.32 Å². The molecule has 12 heavy (non-hydrogen) atoms. The van der Waals surface area contributed by atoms with E-state index < -0.39 is 6.43 Å². The molecule has 1 saturated heterocycles. The Labute approximate surface area is 71.3 Å². The number of halogens is 2. The van der Waals surface area contributed by atoms with Crippen LogP contribution in [0.5, 0.6) is 0 Å². The molecule has 1 N–H and O–H groups in total. The van der Waals surface area contributed by atoms with Crippen molar-refractivity contribution in [3.63, 3.8) is 0 Å². The summed E-state index contributed by atoms with van der Waals surface area (Å²) in [5.41, 5.74) is 0. The van der Waals surface area contributed by atoms with Gasteiger partial charge in [-0.2, -0.15) is 0 Å². The quantitative estimate of drug-likeness (QED) is 0.704. The van der Waals surface area contributed by atoms with E-state index in [9.17, 15) is 8.78 Å². The summed E-state index contributed by atoms with van der Waals surface area (Å²) in [6.45, 7) is 2.33. The number of nitrogens with one attached hydrogen (secondary N) is 1. The SMILES string of the molecule is CC1CCC(CNCC(F)F)O1. The number of ether oxygens (including phenoxy) is 1. The molecule has 1 aliphatic rings. The van der Waals surface area contributed by atoms with Crippen LogP contribution in [0.4, 0.5) is 8.78 Å². The van der Waals surface area contributed by atoms with E-state index in [2.05, 4.69) is 5.32 Å². The van der Waals surface area contributed by atoms with Crippen molar-refractivity contribution < 1.29 is 13.5 Å². The van der Waals surface area contributed by atoms with Crippen LogP contribution in [0.25, 0.3) is 0 Å². The lowest BCUT2D eigenvalue weighted by molar-refractivity contribution is 0.0523. The highest BCUT2D eigenvalue weighted by Crippen LogP contribution is 2.17. The van der Waals surface area contributed by atoms with E-state index in [0.717, 1.165) is 12.8 Å². The predicted octanol–water partition coefficient (Wildman–Crippen LogP) is 1.41. The van der Waals surface area contributed by atoms with E-state index in [1.165, 1.54) is 0 Å². The van der Waals surface area contributed by atoms with Crippen molar-refractivity contribution in [1.29, 1.82) is 0 Å². The van der Waals surface area contributed by atoms with E-state index in [4.69, 9.17) is 4.74 Å². The van der Waals surface area contributed by atoms with E-state index in [1.807, 2.05) is 6.92 Å². The fourth-order valence-electron chi connectivity index (χ4n) is 1.39.